The minimum atomic E-state index is -0.788. The molecule has 8 nitrogen and oxygen atoms in total. The maximum Gasteiger partial charge on any atom is 0.324 e. The van der Waals surface area contributed by atoms with Gasteiger partial charge in [-0.1, -0.05) is 37.3 Å². The number of amides is 4. The number of primary amides is 1. The highest BCUT2D eigenvalue weighted by atomic mass is 16.5. The Kier molecular flexibility index (Phi) is 8.22. The molecule has 0 aliphatic heterocycles. The fraction of sp³-hybridized carbons (Fsp3) is 0.318. The lowest BCUT2D eigenvalue weighted by molar-refractivity contribution is -0.135. The molecule has 1 unspecified atom stereocenters. The van der Waals surface area contributed by atoms with Crippen molar-refractivity contribution in [2.45, 2.75) is 19.8 Å². The monoisotopic (exact) mass is 413 g/mol. The van der Waals surface area contributed by atoms with Crippen LogP contribution in [0.3, 0.4) is 0 Å². The number of imide groups is 1. The van der Waals surface area contributed by atoms with Crippen LogP contribution in [0.4, 0.5) is 4.79 Å². The first-order chi connectivity index (χ1) is 14.3. The Labute approximate surface area is 175 Å². The van der Waals surface area contributed by atoms with Gasteiger partial charge >= 0.3 is 6.03 Å². The van der Waals surface area contributed by atoms with E-state index >= 15 is 0 Å². The molecule has 2 rings (SSSR count). The van der Waals surface area contributed by atoms with Crippen LogP contribution in [0.5, 0.6) is 11.5 Å². The molecule has 0 heterocycles. The van der Waals surface area contributed by atoms with E-state index in [4.69, 9.17) is 10.5 Å². The Morgan fingerprint density at radius 2 is 1.87 bits per heavy atom. The van der Waals surface area contributed by atoms with Gasteiger partial charge in [0.25, 0.3) is 0 Å². The van der Waals surface area contributed by atoms with E-state index in [2.05, 4.69) is 5.32 Å². The second-order valence-corrected chi connectivity index (χ2v) is 6.96. The molecule has 0 spiro atoms. The number of methoxy groups -OCH3 is 1. The van der Waals surface area contributed by atoms with Crippen LogP contribution < -0.4 is 15.8 Å². The smallest absolute Gasteiger partial charge is 0.324 e. The Hall–Kier alpha value is -3.55. The van der Waals surface area contributed by atoms with Crippen molar-refractivity contribution in [3.63, 3.8) is 0 Å². The number of carbonyl (C=O) groups is 3. The first kappa shape index (κ1) is 22.7. The highest BCUT2D eigenvalue weighted by Crippen LogP contribution is 2.26. The Morgan fingerprint density at radius 1 is 1.17 bits per heavy atom. The molecule has 8 heteroatoms. The predicted molar refractivity (Wildman–Crippen MR) is 112 cm³/mol. The van der Waals surface area contributed by atoms with Gasteiger partial charge in [-0.3, -0.25) is 14.5 Å². The van der Waals surface area contributed by atoms with Gasteiger partial charge in [0.2, 0.25) is 11.8 Å². The van der Waals surface area contributed by atoms with E-state index in [9.17, 15) is 19.5 Å². The van der Waals surface area contributed by atoms with Gasteiger partial charge < -0.3 is 20.9 Å². The summed E-state index contributed by atoms with van der Waals surface area (Å²) in [5.41, 5.74) is 6.89. The van der Waals surface area contributed by atoms with E-state index < -0.39 is 30.3 Å². The standard InChI is InChI=1S/C22H27N3O5/c1-15(12-17-13-18(26)8-9-19(17)30-2)21(28)25(14-20(23)27)22(29)24-11-10-16-6-4-3-5-7-16/h3-9,13,15,26H,10-12,14H2,1-2H3,(H2,23,27)(H,24,29). The van der Waals surface area contributed by atoms with Gasteiger partial charge in [0.05, 0.1) is 7.11 Å². The molecule has 4 amide bonds. The number of aromatic hydroxyl groups is 1. The van der Waals surface area contributed by atoms with Crippen LogP contribution in [-0.4, -0.2) is 48.1 Å². The number of urea groups is 1. The van der Waals surface area contributed by atoms with Crippen molar-refractivity contribution < 1.29 is 24.2 Å². The Morgan fingerprint density at radius 3 is 2.50 bits per heavy atom. The number of ether oxygens (including phenoxy) is 1. The highest BCUT2D eigenvalue weighted by Gasteiger charge is 2.28. The van der Waals surface area contributed by atoms with E-state index in [1.807, 2.05) is 30.3 Å². The Balaban J connectivity index is 2.05. The number of nitrogens with one attached hydrogen (secondary N) is 1. The number of hydrogen-bond acceptors (Lipinski definition) is 5. The van der Waals surface area contributed by atoms with Gasteiger partial charge in [0.15, 0.2) is 0 Å². The molecular formula is C22H27N3O5. The number of benzene rings is 2. The van der Waals surface area contributed by atoms with Crippen molar-refractivity contribution in [2.24, 2.45) is 11.7 Å². The average molecular weight is 413 g/mol. The molecule has 0 radical (unpaired) electrons. The zero-order chi connectivity index (χ0) is 22.1. The molecule has 4 N–H and O–H groups in total. The van der Waals surface area contributed by atoms with Gasteiger partial charge in [0, 0.05) is 12.5 Å². The summed E-state index contributed by atoms with van der Waals surface area (Å²) in [5.74, 6) is -1.43. The van der Waals surface area contributed by atoms with Gasteiger partial charge in [-0.15, -0.1) is 0 Å². The molecule has 30 heavy (non-hydrogen) atoms. The van der Waals surface area contributed by atoms with Gasteiger partial charge in [-0.25, -0.2) is 4.79 Å². The fourth-order valence-electron chi connectivity index (χ4n) is 3.07. The maximum atomic E-state index is 12.9. The molecule has 0 aromatic heterocycles. The average Bonchev–Trinajstić information content (AvgIpc) is 2.72. The van der Waals surface area contributed by atoms with Gasteiger partial charge in [0.1, 0.15) is 18.0 Å². The fourth-order valence-corrected chi connectivity index (χ4v) is 3.07. The second kappa shape index (κ2) is 10.8. The maximum absolute atomic E-state index is 12.9. The van der Waals surface area contributed by atoms with Crippen LogP contribution in [0.25, 0.3) is 0 Å². The lowest BCUT2D eigenvalue weighted by Crippen LogP contribution is -2.50. The lowest BCUT2D eigenvalue weighted by atomic mass is 9.98. The Bertz CT molecular complexity index is 886. The summed E-state index contributed by atoms with van der Waals surface area (Å²) in [4.78, 5) is 37.7. The number of carbonyl (C=O) groups excluding carboxylic acids is 3. The van der Waals surface area contributed by atoms with Crippen molar-refractivity contribution in [1.82, 2.24) is 10.2 Å². The highest BCUT2D eigenvalue weighted by molar-refractivity contribution is 5.99. The number of phenolic OH excluding ortho intramolecular Hbond substituents is 1. The van der Waals surface area contributed by atoms with Gasteiger partial charge in [-0.2, -0.15) is 0 Å². The molecule has 2 aromatic carbocycles. The molecule has 0 fully saturated rings. The molecule has 1 atom stereocenters. The summed E-state index contributed by atoms with van der Waals surface area (Å²) in [7, 11) is 1.49. The SMILES string of the molecule is COc1ccc(O)cc1CC(C)C(=O)N(CC(N)=O)C(=O)NCCc1ccccc1. The summed E-state index contributed by atoms with van der Waals surface area (Å²) in [6.07, 6.45) is 0.796. The van der Waals surface area contributed by atoms with E-state index in [0.29, 0.717) is 24.3 Å². The third-order valence-corrected chi connectivity index (χ3v) is 4.57. The number of phenols is 1. The van der Waals surface area contributed by atoms with E-state index in [1.54, 1.807) is 13.0 Å². The minimum absolute atomic E-state index is 0.0399. The normalized spacial score (nSPS) is 11.4. The first-order valence-corrected chi connectivity index (χ1v) is 9.59. The van der Waals surface area contributed by atoms with E-state index in [0.717, 1.165) is 10.5 Å². The van der Waals surface area contributed by atoms with Crippen molar-refractivity contribution >= 4 is 17.8 Å². The molecule has 160 valence electrons. The first-order valence-electron chi connectivity index (χ1n) is 9.59. The van der Waals surface area contributed by atoms with Crippen LogP contribution in [0.1, 0.15) is 18.1 Å². The van der Waals surface area contributed by atoms with Crippen LogP contribution in [-0.2, 0) is 22.4 Å². The number of rotatable bonds is 9. The number of nitrogens with two attached hydrogens (primary N) is 1. The lowest BCUT2D eigenvalue weighted by Gasteiger charge is -2.24. The third kappa shape index (κ3) is 6.51. The molecule has 0 bridgehead atoms. The van der Waals surface area contributed by atoms with Crippen molar-refractivity contribution in [3.8, 4) is 11.5 Å². The van der Waals surface area contributed by atoms with Crippen molar-refractivity contribution in [1.29, 1.82) is 0 Å². The second-order valence-electron chi connectivity index (χ2n) is 6.96. The van der Waals surface area contributed by atoms with Crippen LogP contribution in [0.2, 0.25) is 0 Å². The van der Waals surface area contributed by atoms with Gasteiger partial charge in [-0.05, 0) is 42.2 Å². The summed E-state index contributed by atoms with van der Waals surface area (Å²) >= 11 is 0. The molecule has 2 aromatic rings. The van der Waals surface area contributed by atoms with E-state index in [1.165, 1.54) is 19.2 Å². The minimum Gasteiger partial charge on any atom is -0.508 e. The van der Waals surface area contributed by atoms with Crippen LogP contribution in [0, 0.1) is 5.92 Å². The zero-order valence-corrected chi connectivity index (χ0v) is 17.1. The molecular weight excluding hydrogens is 386 g/mol. The van der Waals surface area contributed by atoms with E-state index in [-0.39, 0.29) is 12.2 Å². The summed E-state index contributed by atoms with van der Waals surface area (Å²) < 4.78 is 5.26. The van der Waals surface area contributed by atoms with Crippen LogP contribution >= 0.6 is 0 Å². The zero-order valence-electron chi connectivity index (χ0n) is 17.1. The summed E-state index contributed by atoms with van der Waals surface area (Å²) in [6.45, 7) is 1.43. The largest absolute Gasteiger partial charge is 0.508 e. The molecule has 0 saturated heterocycles. The van der Waals surface area contributed by atoms with Crippen molar-refractivity contribution in [2.75, 3.05) is 20.2 Å². The molecule has 0 aliphatic rings. The van der Waals surface area contributed by atoms with Crippen LogP contribution in [0.15, 0.2) is 48.5 Å². The summed E-state index contributed by atoms with van der Waals surface area (Å²) in [6, 6.07) is 13.5. The topological polar surface area (TPSA) is 122 Å². The molecule has 0 saturated carbocycles. The number of nitrogens with zero attached hydrogens (tertiary/aromatic N) is 1. The quantitative estimate of drug-likeness (QED) is 0.579. The third-order valence-electron chi connectivity index (χ3n) is 4.57. The number of hydrogen-bond donors (Lipinski definition) is 3. The predicted octanol–water partition coefficient (Wildman–Crippen LogP) is 1.85. The summed E-state index contributed by atoms with van der Waals surface area (Å²) in [5, 5.41) is 12.4. The van der Waals surface area contributed by atoms with Crippen molar-refractivity contribution in [3.05, 3.63) is 59.7 Å². The molecule has 0 aliphatic carbocycles.